The highest BCUT2D eigenvalue weighted by Crippen LogP contribution is 2.37. The van der Waals surface area contributed by atoms with Crippen molar-refractivity contribution in [2.75, 3.05) is 5.73 Å². The normalized spacial score (nSPS) is 10.4. The molecule has 2 aromatic carbocycles. The van der Waals surface area contributed by atoms with Gasteiger partial charge in [0.2, 0.25) is 0 Å². The second-order valence-corrected chi connectivity index (χ2v) is 6.31. The molecule has 2 rings (SSSR count). The molecule has 0 fully saturated rings. The van der Waals surface area contributed by atoms with Crippen LogP contribution in [0.2, 0.25) is 0 Å². The summed E-state index contributed by atoms with van der Waals surface area (Å²) in [6, 6.07) is 11.5. The monoisotopic (exact) mass is 433 g/mol. The molecule has 0 bridgehead atoms. The number of hydrogen-bond acceptors (Lipinski definition) is 2. The second-order valence-electron chi connectivity index (χ2n) is 3.69. The molecule has 0 spiro atoms. The van der Waals surface area contributed by atoms with Gasteiger partial charge in [-0.05, 0) is 50.1 Å². The summed E-state index contributed by atoms with van der Waals surface area (Å²) in [5.41, 5.74) is 7.58. The third kappa shape index (κ3) is 3.28. The van der Waals surface area contributed by atoms with Gasteiger partial charge < -0.3 is 10.5 Å². The molecular formula is C13H10Br3NO. The van der Waals surface area contributed by atoms with Gasteiger partial charge in [0.15, 0.2) is 0 Å². The Hall–Kier alpha value is -0.520. The maximum Gasteiger partial charge on any atom is 0.148 e. The number of anilines is 1. The van der Waals surface area contributed by atoms with E-state index in [-0.39, 0.29) is 0 Å². The number of rotatable bonds is 3. The average Bonchev–Trinajstić information content (AvgIpc) is 2.30. The fourth-order valence-electron chi connectivity index (χ4n) is 1.48. The second kappa shape index (κ2) is 6.08. The Bertz CT molecular complexity index is 549. The van der Waals surface area contributed by atoms with Crippen molar-refractivity contribution in [3.8, 4) is 5.75 Å². The van der Waals surface area contributed by atoms with Crippen LogP contribution in [-0.4, -0.2) is 0 Å². The predicted octanol–water partition coefficient (Wildman–Crippen LogP) is 5.14. The molecule has 0 aromatic heterocycles. The zero-order valence-corrected chi connectivity index (χ0v) is 14.0. The molecule has 0 aliphatic carbocycles. The molecule has 0 atom stereocenters. The van der Waals surface area contributed by atoms with Crippen LogP contribution >= 0.6 is 47.8 Å². The SMILES string of the molecule is Nc1ccccc1COc1c(Br)cc(Br)cc1Br. The Morgan fingerprint density at radius 3 is 2.22 bits per heavy atom. The number of nitrogens with two attached hydrogens (primary N) is 1. The van der Waals surface area contributed by atoms with Crippen LogP contribution in [0, 0.1) is 0 Å². The van der Waals surface area contributed by atoms with Crippen molar-refractivity contribution >= 4 is 53.5 Å². The molecule has 0 saturated heterocycles. The topological polar surface area (TPSA) is 35.2 Å². The number of benzene rings is 2. The Morgan fingerprint density at radius 2 is 1.61 bits per heavy atom. The van der Waals surface area contributed by atoms with Crippen molar-refractivity contribution in [2.24, 2.45) is 0 Å². The summed E-state index contributed by atoms with van der Waals surface area (Å²) in [6.07, 6.45) is 0. The smallest absolute Gasteiger partial charge is 0.148 e. The molecule has 94 valence electrons. The fraction of sp³-hybridized carbons (Fsp3) is 0.0769. The van der Waals surface area contributed by atoms with E-state index in [1.54, 1.807) is 0 Å². The van der Waals surface area contributed by atoms with Crippen molar-refractivity contribution in [3.63, 3.8) is 0 Å². The van der Waals surface area contributed by atoms with E-state index in [0.29, 0.717) is 6.61 Å². The molecule has 0 aliphatic rings. The summed E-state index contributed by atoms with van der Waals surface area (Å²) in [5.74, 6) is 0.765. The maximum absolute atomic E-state index is 5.87. The van der Waals surface area contributed by atoms with Crippen LogP contribution in [0.25, 0.3) is 0 Å². The quantitative estimate of drug-likeness (QED) is 0.678. The van der Waals surface area contributed by atoms with E-state index in [2.05, 4.69) is 47.8 Å². The van der Waals surface area contributed by atoms with Crippen LogP contribution in [0.3, 0.4) is 0 Å². The summed E-state index contributed by atoms with van der Waals surface area (Å²) in [4.78, 5) is 0. The standard InChI is InChI=1S/C13H10Br3NO/c14-9-5-10(15)13(11(16)6-9)18-7-8-3-1-2-4-12(8)17/h1-6H,7,17H2. The molecule has 0 unspecified atom stereocenters. The Balaban J connectivity index is 2.19. The molecular weight excluding hydrogens is 426 g/mol. The third-order valence-electron chi connectivity index (χ3n) is 2.39. The lowest BCUT2D eigenvalue weighted by molar-refractivity contribution is 0.303. The summed E-state index contributed by atoms with van der Waals surface area (Å²) < 4.78 is 8.55. The van der Waals surface area contributed by atoms with E-state index < -0.39 is 0 Å². The van der Waals surface area contributed by atoms with E-state index in [1.165, 1.54) is 0 Å². The molecule has 2 aromatic rings. The van der Waals surface area contributed by atoms with Gasteiger partial charge in [-0.2, -0.15) is 0 Å². The number of ether oxygens (including phenoxy) is 1. The van der Waals surface area contributed by atoms with Crippen LogP contribution in [0.4, 0.5) is 5.69 Å². The van der Waals surface area contributed by atoms with E-state index in [9.17, 15) is 0 Å². The fourth-order valence-corrected chi connectivity index (χ4v) is 3.97. The minimum absolute atomic E-state index is 0.436. The molecule has 18 heavy (non-hydrogen) atoms. The lowest BCUT2D eigenvalue weighted by Crippen LogP contribution is -2.00. The Morgan fingerprint density at radius 1 is 1.00 bits per heavy atom. The first kappa shape index (κ1) is 13.9. The first-order chi connectivity index (χ1) is 8.58. The van der Waals surface area contributed by atoms with Crippen LogP contribution in [0.5, 0.6) is 5.75 Å². The van der Waals surface area contributed by atoms with Gasteiger partial charge in [-0.15, -0.1) is 0 Å². The van der Waals surface area contributed by atoms with Crippen LogP contribution in [0.1, 0.15) is 5.56 Å². The molecule has 0 radical (unpaired) electrons. The van der Waals surface area contributed by atoms with Gasteiger partial charge in [-0.25, -0.2) is 0 Å². The lowest BCUT2D eigenvalue weighted by Gasteiger charge is -2.12. The highest BCUT2D eigenvalue weighted by Gasteiger charge is 2.09. The first-order valence-electron chi connectivity index (χ1n) is 5.18. The lowest BCUT2D eigenvalue weighted by atomic mass is 10.2. The van der Waals surface area contributed by atoms with E-state index >= 15 is 0 Å². The largest absolute Gasteiger partial charge is 0.486 e. The van der Waals surface area contributed by atoms with Crippen molar-refractivity contribution in [1.82, 2.24) is 0 Å². The van der Waals surface area contributed by atoms with E-state index in [4.69, 9.17) is 10.5 Å². The average molecular weight is 436 g/mol. The number of nitrogen functional groups attached to an aromatic ring is 1. The zero-order chi connectivity index (χ0) is 13.1. The number of para-hydroxylation sites is 1. The van der Waals surface area contributed by atoms with Gasteiger partial charge in [0, 0.05) is 15.7 Å². The Labute approximate surface area is 131 Å². The van der Waals surface area contributed by atoms with Crippen molar-refractivity contribution < 1.29 is 4.74 Å². The van der Waals surface area contributed by atoms with Gasteiger partial charge in [0.05, 0.1) is 8.95 Å². The minimum Gasteiger partial charge on any atom is -0.486 e. The first-order valence-corrected chi connectivity index (χ1v) is 7.56. The predicted molar refractivity (Wildman–Crippen MR) is 84.7 cm³/mol. The Kier molecular flexibility index (Phi) is 4.70. The van der Waals surface area contributed by atoms with Gasteiger partial charge in [0.1, 0.15) is 12.4 Å². The van der Waals surface area contributed by atoms with Crippen molar-refractivity contribution in [1.29, 1.82) is 0 Å². The summed E-state index contributed by atoms with van der Waals surface area (Å²) >= 11 is 10.4. The van der Waals surface area contributed by atoms with Gasteiger partial charge in [-0.1, -0.05) is 34.1 Å². The van der Waals surface area contributed by atoms with E-state index in [1.807, 2.05) is 36.4 Å². The van der Waals surface area contributed by atoms with Gasteiger partial charge in [0.25, 0.3) is 0 Å². The summed E-state index contributed by atoms with van der Waals surface area (Å²) in [5, 5.41) is 0. The number of halogens is 3. The third-order valence-corrected chi connectivity index (χ3v) is 4.03. The maximum atomic E-state index is 5.87. The molecule has 2 nitrogen and oxygen atoms in total. The van der Waals surface area contributed by atoms with Gasteiger partial charge in [-0.3, -0.25) is 0 Å². The molecule has 0 amide bonds. The number of hydrogen-bond donors (Lipinski definition) is 1. The van der Waals surface area contributed by atoms with Gasteiger partial charge >= 0.3 is 0 Å². The summed E-state index contributed by atoms with van der Waals surface area (Å²) in [7, 11) is 0. The van der Waals surface area contributed by atoms with Crippen LogP contribution in [-0.2, 0) is 6.61 Å². The molecule has 2 N–H and O–H groups in total. The highest BCUT2D eigenvalue weighted by molar-refractivity contribution is 9.11. The molecule has 0 aliphatic heterocycles. The zero-order valence-electron chi connectivity index (χ0n) is 9.29. The molecule has 0 saturated carbocycles. The minimum atomic E-state index is 0.436. The van der Waals surface area contributed by atoms with E-state index in [0.717, 1.165) is 30.4 Å². The molecule has 5 heteroatoms. The summed E-state index contributed by atoms with van der Waals surface area (Å²) in [6.45, 7) is 0.436. The van der Waals surface area contributed by atoms with Crippen LogP contribution < -0.4 is 10.5 Å². The highest BCUT2D eigenvalue weighted by atomic mass is 79.9. The molecule has 0 heterocycles. The van der Waals surface area contributed by atoms with Crippen LogP contribution in [0.15, 0.2) is 49.8 Å². The van der Waals surface area contributed by atoms with Crippen molar-refractivity contribution in [3.05, 3.63) is 55.4 Å². The van der Waals surface area contributed by atoms with Crippen molar-refractivity contribution in [2.45, 2.75) is 6.61 Å².